The van der Waals surface area contributed by atoms with E-state index in [9.17, 15) is 4.39 Å². The van der Waals surface area contributed by atoms with Crippen LogP contribution in [0.4, 0.5) is 4.39 Å². The molecule has 0 saturated heterocycles. The van der Waals surface area contributed by atoms with Gasteiger partial charge in [0.1, 0.15) is 12.4 Å². The molecule has 0 atom stereocenters. The smallest absolute Gasteiger partial charge is 0.161 e. The summed E-state index contributed by atoms with van der Waals surface area (Å²) in [6.45, 7) is 4.26. The molecule has 25 heavy (non-hydrogen) atoms. The Bertz CT molecular complexity index is 679. The maximum atomic E-state index is 13.1. The van der Waals surface area contributed by atoms with E-state index in [1.54, 1.807) is 13.2 Å². The van der Waals surface area contributed by atoms with Crippen LogP contribution in [0.5, 0.6) is 11.5 Å². The molecule has 0 spiro atoms. The third-order valence-electron chi connectivity index (χ3n) is 3.91. The van der Waals surface area contributed by atoms with Crippen molar-refractivity contribution < 1.29 is 13.9 Å². The number of ether oxygens (including phenoxy) is 2. The Hall–Kier alpha value is -1.78. The molecule has 0 fully saturated rings. The van der Waals surface area contributed by atoms with Gasteiger partial charge in [-0.25, -0.2) is 4.39 Å². The quantitative estimate of drug-likeness (QED) is 0.576. The molecule has 3 nitrogen and oxygen atoms in total. The summed E-state index contributed by atoms with van der Waals surface area (Å²) in [6, 6.07) is 10.1. The van der Waals surface area contributed by atoms with E-state index >= 15 is 0 Å². The summed E-state index contributed by atoms with van der Waals surface area (Å²) < 4.78 is 24.3. The van der Waals surface area contributed by atoms with Crippen molar-refractivity contribution in [2.24, 2.45) is 0 Å². The van der Waals surface area contributed by atoms with Crippen molar-refractivity contribution in [1.29, 1.82) is 0 Å². The molecule has 0 aromatic heterocycles. The Labute approximate surface area is 154 Å². The van der Waals surface area contributed by atoms with Crippen LogP contribution in [0.15, 0.2) is 36.4 Å². The molecule has 0 aliphatic rings. The number of benzene rings is 2. The molecule has 2 aromatic carbocycles. The van der Waals surface area contributed by atoms with Gasteiger partial charge in [-0.05, 0) is 42.8 Å². The van der Waals surface area contributed by atoms with Gasteiger partial charge >= 0.3 is 0 Å². The second-order valence-electron chi connectivity index (χ2n) is 5.89. The summed E-state index contributed by atoms with van der Waals surface area (Å²) in [5.41, 5.74) is 1.87. The van der Waals surface area contributed by atoms with E-state index in [4.69, 9.17) is 21.1 Å². The van der Waals surface area contributed by atoms with Crippen LogP contribution in [0.2, 0.25) is 5.02 Å². The zero-order chi connectivity index (χ0) is 18.1. The van der Waals surface area contributed by atoms with Gasteiger partial charge in [-0.2, -0.15) is 0 Å². The first kappa shape index (κ1) is 19.5. The molecule has 0 unspecified atom stereocenters. The summed E-state index contributed by atoms with van der Waals surface area (Å²) in [5, 5.41) is 3.78. The Morgan fingerprint density at radius 1 is 1.08 bits per heavy atom. The van der Waals surface area contributed by atoms with Crippen LogP contribution in [-0.4, -0.2) is 13.7 Å². The first-order valence-electron chi connectivity index (χ1n) is 8.58. The van der Waals surface area contributed by atoms with Crippen molar-refractivity contribution in [1.82, 2.24) is 5.32 Å². The first-order chi connectivity index (χ1) is 12.1. The van der Waals surface area contributed by atoms with E-state index in [0.29, 0.717) is 16.5 Å². The van der Waals surface area contributed by atoms with Gasteiger partial charge in [0.2, 0.25) is 0 Å². The standard InChI is InChI=1S/C20H25ClFNO2/c1-3-4-5-10-23-13-15-6-9-19(20(11-15)24-2)25-14-16-7-8-17(22)12-18(16)21/h6-9,11-12,23H,3-5,10,13-14H2,1-2H3. The lowest BCUT2D eigenvalue weighted by Crippen LogP contribution is -2.14. The minimum absolute atomic E-state index is 0.254. The van der Waals surface area contributed by atoms with Gasteiger partial charge in [0, 0.05) is 12.1 Å². The third-order valence-corrected chi connectivity index (χ3v) is 4.26. The molecule has 5 heteroatoms. The number of hydrogen-bond acceptors (Lipinski definition) is 3. The van der Waals surface area contributed by atoms with Crippen molar-refractivity contribution in [3.8, 4) is 11.5 Å². The van der Waals surface area contributed by atoms with Gasteiger partial charge in [-0.1, -0.05) is 43.5 Å². The van der Waals surface area contributed by atoms with Gasteiger partial charge in [0.25, 0.3) is 0 Å². The molecule has 0 heterocycles. The second kappa shape index (κ2) is 10.3. The maximum absolute atomic E-state index is 13.1. The van der Waals surface area contributed by atoms with Crippen LogP contribution >= 0.6 is 11.6 Å². The van der Waals surface area contributed by atoms with Crippen LogP contribution in [-0.2, 0) is 13.2 Å². The molecule has 1 N–H and O–H groups in total. The molecular weight excluding hydrogens is 341 g/mol. The average molecular weight is 366 g/mol. The van der Waals surface area contributed by atoms with Gasteiger partial charge in [-0.3, -0.25) is 0 Å². The predicted octanol–water partition coefficient (Wildman–Crippen LogP) is 5.35. The van der Waals surface area contributed by atoms with Crippen molar-refractivity contribution in [3.05, 3.63) is 58.4 Å². The molecule has 0 aliphatic carbocycles. The lowest BCUT2D eigenvalue weighted by atomic mass is 10.2. The second-order valence-corrected chi connectivity index (χ2v) is 6.30. The summed E-state index contributed by atoms with van der Waals surface area (Å²) in [7, 11) is 1.62. The number of methoxy groups -OCH3 is 1. The van der Waals surface area contributed by atoms with Crippen LogP contribution in [0, 0.1) is 5.82 Å². The van der Waals surface area contributed by atoms with E-state index in [-0.39, 0.29) is 12.4 Å². The highest BCUT2D eigenvalue weighted by atomic mass is 35.5. The lowest BCUT2D eigenvalue weighted by Gasteiger charge is -2.13. The van der Waals surface area contributed by atoms with Crippen molar-refractivity contribution >= 4 is 11.6 Å². The van der Waals surface area contributed by atoms with Gasteiger partial charge in [0.05, 0.1) is 12.1 Å². The minimum Gasteiger partial charge on any atom is -0.493 e. The molecule has 0 radical (unpaired) electrons. The zero-order valence-corrected chi connectivity index (χ0v) is 15.5. The van der Waals surface area contributed by atoms with Crippen molar-refractivity contribution in [3.63, 3.8) is 0 Å². The summed E-state index contributed by atoms with van der Waals surface area (Å²) in [6.07, 6.45) is 3.65. The topological polar surface area (TPSA) is 30.5 Å². The fourth-order valence-corrected chi connectivity index (χ4v) is 2.69. The van der Waals surface area contributed by atoms with E-state index < -0.39 is 0 Å². The number of unbranched alkanes of at least 4 members (excludes halogenated alkanes) is 2. The molecule has 0 saturated carbocycles. The van der Waals surface area contributed by atoms with Gasteiger partial charge < -0.3 is 14.8 Å². The summed E-state index contributed by atoms with van der Waals surface area (Å²) in [5.74, 6) is 0.950. The monoisotopic (exact) mass is 365 g/mol. The Balaban J connectivity index is 1.94. The molecule has 0 bridgehead atoms. The molecule has 0 amide bonds. The predicted molar refractivity (Wildman–Crippen MR) is 100.0 cm³/mol. The van der Waals surface area contributed by atoms with E-state index in [1.165, 1.54) is 31.4 Å². The maximum Gasteiger partial charge on any atom is 0.161 e. The lowest BCUT2D eigenvalue weighted by molar-refractivity contribution is 0.284. The van der Waals surface area contributed by atoms with E-state index in [2.05, 4.69) is 12.2 Å². The van der Waals surface area contributed by atoms with Crippen LogP contribution < -0.4 is 14.8 Å². The van der Waals surface area contributed by atoms with Crippen LogP contribution in [0.1, 0.15) is 37.3 Å². The average Bonchev–Trinajstić information content (AvgIpc) is 2.61. The minimum atomic E-state index is -0.359. The normalized spacial score (nSPS) is 10.7. The summed E-state index contributed by atoms with van der Waals surface area (Å²) in [4.78, 5) is 0. The largest absolute Gasteiger partial charge is 0.493 e. The molecular formula is C20H25ClFNO2. The number of nitrogens with one attached hydrogen (secondary N) is 1. The van der Waals surface area contributed by atoms with E-state index in [1.807, 2.05) is 18.2 Å². The van der Waals surface area contributed by atoms with Crippen molar-refractivity contribution in [2.45, 2.75) is 39.3 Å². The number of halogens is 2. The Morgan fingerprint density at radius 2 is 1.92 bits per heavy atom. The first-order valence-corrected chi connectivity index (χ1v) is 8.96. The highest BCUT2D eigenvalue weighted by Gasteiger charge is 2.08. The fourth-order valence-electron chi connectivity index (χ4n) is 2.47. The molecule has 2 rings (SSSR count). The highest BCUT2D eigenvalue weighted by molar-refractivity contribution is 6.31. The SMILES string of the molecule is CCCCCNCc1ccc(OCc2ccc(F)cc2Cl)c(OC)c1. The Morgan fingerprint density at radius 3 is 2.64 bits per heavy atom. The van der Waals surface area contributed by atoms with Crippen molar-refractivity contribution in [2.75, 3.05) is 13.7 Å². The van der Waals surface area contributed by atoms with E-state index in [0.717, 1.165) is 24.2 Å². The van der Waals surface area contributed by atoms with Gasteiger partial charge in [-0.15, -0.1) is 0 Å². The molecule has 136 valence electrons. The van der Waals surface area contributed by atoms with Crippen LogP contribution in [0.3, 0.4) is 0 Å². The zero-order valence-electron chi connectivity index (χ0n) is 14.8. The molecule has 0 aliphatic heterocycles. The Kier molecular flexibility index (Phi) is 8.02. The van der Waals surface area contributed by atoms with Crippen LogP contribution in [0.25, 0.3) is 0 Å². The number of hydrogen-bond donors (Lipinski definition) is 1. The fraction of sp³-hybridized carbons (Fsp3) is 0.400. The summed E-state index contributed by atoms with van der Waals surface area (Å²) >= 11 is 6.03. The third kappa shape index (κ3) is 6.22. The number of rotatable bonds is 10. The van der Waals surface area contributed by atoms with Gasteiger partial charge in [0.15, 0.2) is 11.5 Å². The molecule has 2 aromatic rings. The highest BCUT2D eigenvalue weighted by Crippen LogP contribution is 2.29.